The number of morpholine rings is 1. The minimum absolute atomic E-state index is 0.0706. The van der Waals surface area contributed by atoms with Gasteiger partial charge in [0.25, 0.3) is 11.8 Å². The predicted octanol–water partition coefficient (Wildman–Crippen LogP) is 0.504. The number of hydrogen-bond acceptors (Lipinski definition) is 7. The first-order valence-corrected chi connectivity index (χ1v) is 8.99. The fraction of sp³-hybridized carbons (Fsp3) is 0.444. The lowest BCUT2D eigenvalue weighted by atomic mass is 10.2. The van der Waals surface area contributed by atoms with Crippen LogP contribution in [0, 0.1) is 0 Å². The molecule has 0 spiro atoms. The minimum Gasteiger partial charge on any atom is -0.459 e. The maximum absolute atomic E-state index is 12.4. The van der Waals surface area contributed by atoms with E-state index in [9.17, 15) is 9.59 Å². The number of carbonyl (C=O) groups is 2. The summed E-state index contributed by atoms with van der Waals surface area (Å²) in [6.07, 6.45) is 4.64. The van der Waals surface area contributed by atoms with E-state index in [4.69, 9.17) is 9.15 Å². The number of amides is 2. The Balaban J connectivity index is 1.34. The van der Waals surface area contributed by atoms with Crippen LogP contribution in [-0.2, 0) is 4.74 Å². The first kappa shape index (κ1) is 17.5. The molecule has 0 bridgehead atoms. The number of ether oxygens (including phenoxy) is 1. The lowest BCUT2D eigenvalue weighted by Gasteiger charge is -2.34. The van der Waals surface area contributed by atoms with Gasteiger partial charge in [-0.15, -0.1) is 0 Å². The van der Waals surface area contributed by atoms with Gasteiger partial charge < -0.3 is 23.9 Å². The normalized spacial score (nSPS) is 17.9. The second-order valence-corrected chi connectivity index (χ2v) is 6.43. The fourth-order valence-corrected chi connectivity index (χ4v) is 3.21. The van der Waals surface area contributed by atoms with Crippen molar-refractivity contribution >= 4 is 17.8 Å². The number of piperazine rings is 1. The van der Waals surface area contributed by atoms with Crippen molar-refractivity contribution in [2.24, 2.45) is 0 Å². The first-order valence-electron chi connectivity index (χ1n) is 8.99. The third-order valence-electron chi connectivity index (χ3n) is 4.77. The number of anilines is 1. The summed E-state index contributed by atoms with van der Waals surface area (Å²) in [7, 11) is 0. The second-order valence-electron chi connectivity index (χ2n) is 6.43. The Kier molecular flexibility index (Phi) is 5.01. The zero-order valence-electron chi connectivity index (χ0n) is 14.9. The zero-order chi connectivity index (χ0) is 18.6. The van der Waals surface area contributed by atoms with E-state index in [0.717, 1.165) is 0 Å². The monoisotopic (exact) mass is 371 g/mol. The van der Waals surface area contributed by atoms with E-state index >= 15 is 0 Å². The molecule has 142 valence electrons. The number of carbonyl (C=O) groups excluding carboxylic acids is 2. The molecule has 2 aliphatic rings. The van der Waals surface area contributed by atoms with Gasteiger partial charge in [0.1, 0.15) is 0 Å². The van der Waals surface area contributed by atoms with Crippen molar-refractivity contribution in [2.75, 3.05) is 57.4 Å². The summed E-state index contributed by atoms with van der Waals surface area (Å²) in [6.45, 7) is 4.69. The maximum Gasteiger partial charge on any atom is 0.289 e. The highest BCUT2D eigenvalue weighted by Crippen LogP contribution is 2.14. The molecule has 2 aromatic heterocycles. The molecular weight excluding hydrogens is 350 g/mol. The van der Waals surface area contributed by atoms with Gasteiger partial charge in [-0.3, -0.25) is 9.59 Å². The van der Waals surface area contributed by atoms with Gasteiger partial charge in [-0.2, -0.15) is 0 Å². The zero-order valence-corrected chi connectivity index (χ0v) is 14.9. The van der Waals surface area contributed by atoms with Crippen molar-refractivity contribution in [2.45, 2.75) is 0 Å². The lowest BCUT2D eigenvalue weighted by Crippen LogP contribution is -2.49. The lowest BCUT2D eigenvalue weighted by molar-refractivity contribution is 0.0302. The van der Waals surface area contributed by atoms with E-state index in [1.807, 2.05) is 4.90 Å². The van der Waals surface area contributed by atoms with E-state index in [-0.39, 0.29) is 11.8 Å². The summed E-state index contributed by atoms with van der Waals surface area (Å²) in [5, 5.41) is 0. The van der Waals surface area contributed by atoms with Crippen LogP contribution in [0.2, 0.25) is 0 Å². The highest BCUT2D eigenvalue weighted by Gasteiger charge is 2.25. The SMILES string of the molecule is O=C(c1cnc(N2CCN(C(=O)c3ccco3)CC2)nc1)N1CCOCC1. The van der Waals surface area contributed by atoms with Crippen LogP contribution in [0.1, 0.15) is 20.9 Å². The van der Waals surface area contributed by atoms with Crippen LogP contribution >= 0.6 is 0 Å². The Morgan fingerprint density at radius 3 is 2.19 bits per heavy atom. The van der Waals surface area contributed by atoms with Gasteiger partial charge in [0.2, 0.25) is 5.95 Å². The van der Waals surface area contributed by atoms with E-state index in [1.54, 1.807) is 34.3 Å². The van der Waals surface area contributed by atoms with Gasteiger partial charge >= 0.3 is 0 Å². The molecule has 0 aromatic carbocycles. The minimum atomic E-state index is -0.105. The van der Waals surface area contributed by atoms with Crippen molar-refractivity contribution in [3.63, 3.8) is 0 Å². The summed E-state index contributed by atoms with van der Waals surface area (Å²) in [4.78, 5) is 39.0. The number of aromatic nitrogens is 2. The number of furan rings is 1. The van der Waals surface area contributed by atoms with Crippen LogP contribution in [0.5, 0.6) is 0 Å². The predicted molar refractivity (Wildman–Crippen MR) is 95.6 cm³/mol. The Morgan fingerprint density at radius 2 is 1.56 bits per heavy atom. The molecule has 9 nitrogen and oxygen atoms in total. The Morgan fingerprint density at radius 1 is 0.889 bits per heavy atom. The van der Waals surface area contributed by atoms with E-state index < -0.39 is 0 Å². The van der Waals surface area contributed by atoms with Crippen LogP contribution in [0.25, 0.3) is 0 Å². The van der Waals surface area contributed by atoms with Gasteiger partial charge in [-0.05, 0) is 12.1 Å². The molecule has 0 radical (unpaired) electrons. The summed E-state index contributed by atoms with van der Waals surface area (Å²) < 4.78 is 10.4. The average molecular weight is 371 g/mol. The van der Waals surface area contributed by atoms with E-state index in [2.05, 4.69) is 9.97 Å². The van der Waals surface area contributed by atoms with Crippen LogP contribution in [0.4, 0.5) is 5.95 Å². The summed E-state index contributed by atoms with van der Waals surface area (Å²) in [6, 6.07) is 3.37. The molecule has 0 atom stereocenters. The molecule has 2 aliphatic heterocycles. The topological polar surface area (TPSA) is 92.0 Å². The highest BCUT2D eigenvalue weighted by atomic mass is 16.5. The molecule has 2 amide bonds. The van der Waals surface area contributed by atoms with Crippen molar-refractivity contribution in [3.8, 4) is 0 Å². The molecular formula is C18H21N5O4. The molecule has 2 aromatic rings. The Labute approximate surface area is 156 Å². The largest absolute Gasteiger partial charge is 0.459 e. The quantitative estimate of drug-likeness (QED) is 0.776. The molecule has 2 saturated heterocycles. The molecule has 0 N–H and O–H groups in total. The van der Waals surface area contributed by atoms with E-state index in [0.29, 0.717) is 69.8 Å². The molecule has 9 heteroatoms. The van der Waals surface area contributed by atoms with Crippen molar-refractivity contribution < 1.29 is 18.7 Å². The van der Waals surface area contributed by atoms with E-state index in [1.165, 1.54) is 6.26 Å². The van der Waals surface area contributed by atoms with Gasteiger partial charge in [0, 0.05) is 51.7 Å². The molecule has 2 fully saturated rings. The molecule has 0 saturated carbocycles. The smallest absolute Gasteiger partial charge is 0.289 e. The van der Waals surface area contributed by atoms with Crippen LogP contribution in [-0.4, -0.2) is 84.1 Å². The van der Waals surface area contributed by atoms with Crippen LogP contribution in [0.15, 0.2) is 35.2 Å². The third-order valence-corrected chi connectivity index (χ3v) is 4.77. The summed E-state index contributed by atoms with van der Waals surface area (Å²) in [5.41, 5.74) is 0.479. The Bertz CT molecular complexity index is 779. The third kappa shape index (κ3) is 3.77. The average Bonchev–Trinajstić information content (AvgIpc) is 3.28. The van der Waals surface area contributed by atoms with Crippen LogP contribution < -0.4 is 4.90 Å². The molecule has 0 aliphatic carbocycles. The standard InChI is InChI=1S/C18H21N5O4/c24-16(22-7-10-26-11-8-22)14-12-19-18(20-13-14)23-5-3-21(4-6-23)17(25)15-2-1-9-27-15/h1-2,9,12-13H,3-8,10-11H2. The fourth-order valence-electron chi connectivity index (χ4n) is 3.21. The van der Waals surface area contributed by atoms with Crippen molar-refractivity contribution in [3.05, 3.63) is 42.1 Å². The van der Waals surface area contributed by atoms with Gasteiger partial charge in [0.15, 0.2) is 5.76 Å². The number of nitrogens with zero attached hydrogens (tertiary/aromatic N) is 5. The van der Waals surface area contributed by atoms with Gasteiger partial charge in [-0.25, -0.2) is 9.97 Å². The molecule has 27 heavy (non-hydrogen) atoms. The highest BCUT2D eigenvalue weighted by molar-refractivity contribution is 5.93. The van der Waals surface area contributed by atoms with Gasteiger partial charge in [-0.1, -0.05) is 0 Å². The Hall–Kier alpha value is -2.94. The number of rotatable bonds is 3. The second kappa shape index (κ2) is 7.75. The van der Waals surface area contributed by atoms with Crippen molar-refractivity contribution in [1.29, 1.82) is 0 Å². The number of hydrogen-bond donors (Lipinski definition) is 0. The molecule has 4 heterocycles. The maximum atomic E-state index is 12.4. The summed E-state index contributed by atoms with van der Waals surface area (Å²) in [5.74, 6) is 0.745. The summed E-state index contributed by atoms with van der Waals surface area (Å²) >= 11 is 0. The van der Waals surface area contributed by atoms with Gasteiger partial charge in [0.05, 0.1) is 25.0 Å². The molecule has 4 rings (SSSR count). The van der Waals surface area contributed by atoms with Crippen LogP contribution in [0.3, 0.4) is 0 Å². The molecule has 0 unspecified atom stereocenters. The van der Waals surface area contributed by atoms with Crippen molar-refractivity contribution in [1.82, 2.24) is 19.8 Å². The first-order chi connectivity index (χ1) is 13.2.